The molecule has 0 aliphatic heterocycles. The SMILES string of the molecule is CC(=O)c1cc2c(=O)c3cc(CCC4CC4)ccc3oc2nc1N. The van der Waals surface area contributed by atoms with Crippen LogP contribution in [0.2, 0.25) is 0 Å². The first-order valence-corrected chi connectivity index (χ1v) is 8.20. The number of ketones is 1. The predicted molar refractivity (Wildman–Crippen MR) is 93.2 cm³/mol. The minimum Gasteiger partial charge on any atom is -0.437 e. The molecule has 5 heteroatoms. The van der Waals surface area contributed by atoms with Gasteiger partial charge in [0.25, 0.3) is 0 Å². The number of hydrogen-bond donors (Lipinski definition) is 1. The normalized spacial score (nSPS) is 14.4. The molecule has 5 nitrogen and oxygen atoms in total. The maximum Gasteiger partial charge on any atom is 0.232 e. The molecule has 0 spiro atoms. The number of hydrogen-bond acceptors (Lipinski definition) is 5. The van der Waals surface area contributed by atoms with E-state index >= 15 is 0 Å². The number of carbonyl (C=O) groups is 1. The Morgan fingerprint density at radius 3 is 2.79 bits per heavy atom. The Kier molecular flexibility index (Phi) is 3.37. The Hall–Kier alpha value is -2.69. The maximum absolute atomic E-state index is 12.8. The Labute approximate surface area is 138 Å². The van der Waals surface area contributed by atoms with Crippen LogP contribution in [0.25, 0.3) is 22.1 Å². The fourth-order valence-corrected chi connectivity index (χ4v) is 3.06. The maximum atomic E-state index is 12.8. The highest BCUT2D eigenvalue weighted by Crippen LogP contribution is 2.33. The lowest BCUT2D eigenvalue weighted by atomic mass is 10.0. The summed E-state index contributed by atoms with van der Waals surface area (Å²) in [6.07, 6.45) is 4.77. The van der Waals surface area contributed by atoms with Crippen molar-refractivity contribution in [1.82, 2.24) is 4.98 Å². The van der Waals surface area contributed by atoms with Crippen LogP contribution in [0, 0.1) is 5.92 Å². The van der Waals surface area contributed by atoms with Crippen molar-refractivity contribution in [3.05, 3.63) is 45.6 Å². The van der Waals surface area contributed by atoms with Crippen LogP contribution in [0.5, 0.6) is 0 Å². The minimum atomic E-state index is -0.223. The molecule has 1 saturated carbocycles. The molecule has 0 amide bonds. The van der Waals surface area contributed by atoms with Crippen LogP contribution in [0.4, 0.5) is 5.82 Å². The van der Waals surface area contributed by atoms with Crippen molar-refractivity contribution in [3.8, 4) is 0 Å². The zero-order valence-electron chi connectivity index (χ0n) is 13.5. The average molecular weight is 322 g/mol. The van der Waals surface area contributed by atoms with Crippen molar-refractivity contribution in [2.45, 2.75) is 32.6 Å². The highest BCUT2D eigenvalue weighted by Gasteiger charge is 2.21. The molecule has 1 aliphatic rings. The summed E-state index contributed by atoms with van der Waals surface area (Å²) in [6, 6.07) is 7.19. The standard InChI is InChI=1S/C19H18N2O3/c1-10(22)13-9-15-17(23)14-8-12(5-4-11-2-3-11)6-7-16(14)24-19(15)21-18(13)20/h6-9,11H,2-5H2,1H3,(H2,20,21). The fourth-order valence-electron chi connectivity index (χ4n) is 3.06. The van der Waals surface area contributed by atoms with Gasteiger partial charge in [0.15, 0.2) is 5.78 Å². The van der Waals surface area contributed by atoms with Gasteiger partial charge in [0.1, 0.15) is 11.4 Å². The first-order valence-electron chi connectivity index (χ1n) is 8.20. The summed E-state index contributed by atoms with van der Waals surface area (Å²) < 4.78 is 5.73. The van der Waals surface area contributed by atoms with Crippen LogP contribution in [0.1, 0.15) is 42.1 Å². The molecule has 122 valence electrons. The molecule has 3 aromatic rings. The molecular weight excluding hydrogens is 304 g/mol. The molecule has 1 aliphatic carbocycles. The number of nitrogens with two attached hydrogens (primary N) is 1. The first kappa shape index (κ1) is 14.9. The van der Waals surface area contributed by atoms with Gasteiger partial charge in [-0.05, 0) is 49.4 Å². The summed E-state index contributed by atoms with van der Waals surface area (Å²) >= 11 is 0. The summed E-state index contributed by atoms with van der Waals surface area (Å²) in [4.78, 5) is 28.6. The third-order valence-electron chi connectivity index (χ3n) is 4.67. The quantitative estimate of drug-likeness (QED) is 0.587. The lowest BCUT2D eigenvalue weighted by Crippen LogP contribution is -2.08. The topological polar surface area (TPSA) is 86.2 Å². The second-order valence-corrected chi connectivity index (χ2v) is 6.57. The Bertz CT molecular complexity index is 1030. The molecule has 0 radical (unpaired) electrons. The third kappa shape index (κ3) is 2.56. The van der Waals surface area contributed by atoms with Gasteiger partial charge < -0.3 is 10.2 Å². The lowest BCUT2D eigenvalue weighted by Gasteiger charge is -2.06. The van der Waals surface area contributed by atoms with E-state index in [2.05, 4.69) is 4.98 Å². The smallest absolute Gasteiger partial charge is 0.232 e. The van der Waals surface area contributed by atoms with Crippen LogP contribution >= 0.6 is 0 Å². The molecular formula is C19H18N2O3. The van der Waals surface area contributed by atoms with Gasteiger partial charge in [-0.15, -0.1) is 0 Å². The average Bonchev–Trinajstić information content (AvgIpc) is 3.37. The Morgan fingerprint density at radius 1 is 1.29 bits per heavy atom. The van der Waals surface area contributed by atoms with Crippen LogP contribution in [-0.2, 0) is 6.42 Å². The third-order valence-corrected chi connectivity index (χ3v) is 4.67. The van der Waals surface area contributed by atoms with Gasteiger partial charge in [-0.2, -0.15) is 4.98 Å². The second-order valence-electron chi connectivity index (χ2n) is 6.57. The van der Waals surface area contributed by atoms with Crippen molar-refractivity contribution in [2.24, 2.45) is 5.92 Å². The second kappa shape index (κ2) is 5.44. The molecule has 0 atom stereocenters. The van der Waals surface area contributed by atoms with Crippen molar-refractivity contribution in [3.63, 3.8) is 0 Å². The zero-order chi connectivity index (χ0) is 16.8. The summed E-state index contributed by atoms with van der Waals surface area (Å²) in [7, 11) is 0. The van der Waals surface area contributed by atoms with E-state index in [0.29, 0.717) is 16.4 Å². The number of benzene rings is 1. The fraction of sp³-hybridized carbons (Fsp3) is 0.316. The number of nitrogen functional groups attached to an aromatic ring is 1. The van der Waals surface area contributed by atoms with Crippen molar-refractivity contribution < 1.29 is 9.21 Å². The van der Waals surface area contributed by atoms with Gasteiger partial charge in [-0.3, -0.25) is 9.59 Å². The van der Waals surface area contributed by atoms with Crippen LogP contribution in [-0.4, -0.2) is 10.8 Å². The summed E-state index contributed by atoms with van der Waals surface area (Å²) in [5.74, 6) is 0.706. The molecule has 1 aromatic carbocycles. The Balaban J connectivity index is 1.88. The van der Waals surface area contributed by atoms with E-state index in [4.69, 9.17) is 10.2 Å². The number of pyridine rings is 1. The number of fused-ring (bicyclic) bond motifs is 2. The van der Waals surface area contributed by atoms with E-state index in [1.165, 1.54) is 25.8 Å². The Morgan fingerprint density at radius 2 is 2.08 bits per heavy atom. The van der Waals surface area contributed by atoms with Crippen LogP contribution in [0.15, 0.2) is 33.5 Å². The highest BCUT2D eigenvalue weighted by molar-refractivity contribution is 6.02. The number of rotatable bonds is 4. The van der Waals surface area contributed by atoms with Gasteiger partial charge in [-0.25, -0.2) is 0 Å². The van der Waals surface area contributed by atoms with Crippen molar-refractivity contribution in [1.29, 1.82) is 0 Å². The zero-order valence-corrected chi connectivity index (χ0v) is 13.5. The molecule has 24 heavy (non-hydrogen) atoms. The molecule has 0 bridgehead atoms. The molecule has 2 aromatic heterocycles. The van der Waals surface area contributed by atoms with Gasteiger partial charge in [0.05, 0.1) is 16.3 Å². The largest absolute Gasteiger partial charge is 0.437 e. The van der Waals surface area contributed by atoms with Crippen LogP contribution in [0.3, 0.4) is 0 Å². The van der Waals surface area contributed by atoms with E-state index in [9.17, 15) is 9.59 Å². The van der Waals surface area contributed by atoms with Crippen LogP contribution < -0.4 is 11.2 Å². The lowest BCUT2D eigenvalue weighted by molar-refractivity contribution is 0.101. The highest BCUT2D eigenvalue weighted by atomic mass is 16.3. The monoisotopic (exact) mass is 322 g/mol. The molecule has 2 N–H and O–H groups in total. The van der Waals surface area contributed by atoms with E-state index in [0.717, 1.165) is 24.3 Å². The molecule has 1 fully saturated rings. The number of carbonyl (C=O) groups excluding carboxylic acids is 1. The number of nitrogens with zero attached hydrogens (tertiary/aromatic N) is 1. The van der Waals surface area contributed by atoms with Crippen molar-refractivity contribution in [2.75, 3.05) is 5.73 Å². The van der Waals surface area contributed by atoms with E-state index < -0.39 is 0 Å². The minimum absolute atomic E-state index is 0.0820. The molecule has 0 unspecified atom stereocenters. The van der Waals surface area contributed by atoms with Gasteiger partial charge in [0.2, 0.25) is 11.1 Å². The summed E-state index contributed by atoms with van der Waals surface area (Å²) in [6.45, 7) is 1.40. The summed E-state index contributed by atoms with van der Waals surface area (Å²) in [5, 5.41) is 0.818. The number of aromatic nitrogens is 1. The first-order chi connectivity index (χ1) is 11.5. The number of aryl methyl sites for hydroxylation is 1. The number of anilines is 1. The molecule has 0 saturated heterocycles. The van der Waals surface area contributed by atoms with E-state index in [1.54, 1.807) is 0 Å². The number of Topliss-reactive ketones (excluding diaryl/α,β-unsaturated/α-hetero) is 1. The van der Waals surface area contributed by atoms with Gasteiger partial charge >= 0.3 is 0 Å². The van der Waals surface area contributed by atoms with E-state index in [1.807, 2.05) is 18.2 Å². The van der Waals surface area contributed by atoms with Gasteiger partial charge in [-0.1, -0.05) is 18.9 Å². The molecule has 4 rings (SSSR count). The molecule has 2 heterocycles. The van der Waals surface area contributed by atoms with E-state index in [-0.39, 0.29) is 28.3 Å². The van der Waals surface area contributed by atoms with Gasteiger partial charge in [0, 0.05) is 0 Å². The van der Waals surface area contributed by atoms with Crippen molar-refractivity contribution >= 4 is 33.7 Å². The summed E-state index contributed by atoms with van der Waals surface area (Å²) in [5.41, 5.74) is 7.66. The predicted octanol–water partition coefficient (Wildman–Crippen LogP) is 3.47.